The number of rotatable bonds is 5. The van der Waals surface area contributed by atoms with E-state index in [4.69, 9.17) is 13.9 Å². The molecule has 6 nitrogen and oxygen atoms in total. The molecule has 6 heteroatoms. The predicted octanol–water partition coefficient (Wildman–Crippen LogP) is 2.02. The second-order valence-electron chi connectivity index (χ2n) is 6.85. The van der Waals surface area contributed by atoms with E-state index in [9.17, 15) is 0 Å². The zero-order valence-corrected chi connectivity index (χ0v) is 14.6. The summed E-state index contributed by atoms with van der Waals surface area (Å²) < 4.78 is 17.0. The molecular formula is C19H25N3O3. The van der Waals surface area contributed by atoms with Gasteiger partial charge in [-0.1, -0.05) is 6.07 Å². The second kappa shape index (κ2) is 7.56. The van der Waals surface area contributed by atoms with E-state index in [0.29, 0.717) is 12.0 Å². The number of hydrogen-bond donors (Lipinski definition) is 0. The first-order valence-corrected chi connectivity index (χ1v) is 8.88. The highest BCUT2D eigenvalue weighted by atomic mass is 16.5. The number of likely N-dealkylation sites (tertiary alicyclic amines) is 1. The maximum absolute atomic E-state index is 6.14. The van der Waals surface area contributed by atoms with Crippen LogP contribution in [0.3, 0.4) is 0 Å². The lowest BCUT2D eigenvalue weighted by atomic mass is 10.1. The normalized spacial score (nSPS) is 24.8. The lowest BCUT2D eigenvalue weighted by Gasteiger charge is -2.22. The van der Waals surface area contributed by atoms with Gasteiger partial charge in [0.05, 0.1) is 32.6 Å². The summed E-state index contributed by atoms with van der Waals surface area (Å²) in [4.78, 5) is 9.19. The first-order chi connectivity index (χ1) is 12.3. The second-order valence-corrected chi connectivity index (χ2v) is 6.85. The molecule has 2 atom stereocenters. The fourth-order valence-corrected chi connectivity index (χ4v) is 3.91. The molecule has 2 aliphatic heterocycles. The zero-order chi connectivity index (χ0) is 17.1. The number of methoxy groups -OCH3 is 1. The summed E-state index contributed by atoms with van der Waals surface area (Å²) in [5.74, 6) is 2.27. The number of hydrogen-bond acceptors (Lipinski definition) is 6. The van der Waals surface area contributed by atoms with Gasteiger partial charge in [-0.15, -0.1) is 0 Å². The van der Waals surface area contributed by atoms with Crippen molar-refractivity contribution in [2.45, 2.75) is 19.2 Å². The molecule has 0 amide bonds. The summed E-state index contributed by atoms with van der Waals surface area (Å²) in [6.45, 7) is 6.51. The summed E-state index contributed by atoms with van der Waals surface area (Å²) in [5, 5.41) is 0. The molecule has 2 aromatic heterocycles. The van der Waals surface area contributed by atoms with Crippen LogP contribution in [-0.4, -0.2) is 60.8 Å². The SMILES string of the molecule is COc1ncccc1CN1C[C@@H]2CN(Cc3ccco3)CCO[C@@H]2C1. The first kappa shape index (κ1) is 16.6. The molecule has 134 valence electrons. The van der Waals surface area contributed by atoms with Crippen molar-refractivity contribution in [3.05, 3.63) is 48.0 Å². The molecule has 0 saturated carbocycles. The molecule has 0 radical (unpaired) electrons. The average molecular weight is 343 g/mol. The Hall–Kier alpha value is -1.89. The average Bonchev–Trinajstić information content (AvgIpc) is 3.22. The molecule has 2 saturated heterocycles. The zero-order valence-electron chi connectivity index (χ0n) is 14.6. The molecule has 0 spiro atoms. The standard InChI is InChI=1S/C19H25N3O3/c1-23-19-15(4-2-6-20-19)10-22-12-16-11-21(7-9-25-18(16)14-22)13-17-5-3-8-24-17/h2-6,8,16,18H,7,9-14H2,1H3/t16-,18+/m0/s1. The summed E-state index contributed by atoms with van der Waals surface area (Å²) in [5.41, 5.74) is 1.13. The maximum Gasteiger partial charge on any atom is 0.217 e. The Kier molecular flexibility index (Phi) is 5.01. The van der Waals surface area contributed by atoms with Crippen molar-refractivity contribution in [2.24, 2.45) is 5.92 Å². The highest BCUT2D eigenvalue weighted by Gasteiger charge is 2.36. The number of ether oxygens (including phenoxy) is 2. The number of furan rings is 1. The van der Waals surface area contributed by atoms with Gasteiger partial charge in [-0.2, -0.15) is 0 Å². The predicted molar refractivity (Wildman–Crippen MR) is 93.3 cm³/mol. The molecule has 25 heavy (non-hydrogen) atoms. The van der Waals surface area contributed by atoms with E-state index in [-0.39, 0.29) is 0 Å². The minimum Gasteiger partial charge on any atom is -0.481 e. The van der Waals surface area contributed by atoms with Crippen molar-refractivity contribution in [2.75, 3.05) is 39.9 Å². The van der Waals surface area contributed by atoms with Gasteiger partial charge >= 0.3 is 0 Å². The minimum absolute atomic E-state index is 0.310. The Labute approximate surface area is 148 Å². The highest BCUT2D eigenvalue weighted by molar-refractivity contribution is 5.25. The lowest BCUT2D eigenvalue weighted by Crippen LogP contribution is -2.32. The quantitative estimate of drug-likeness (QED) is 0.828. The lowest BCUT2D eigenvalue weighted by molar-refractivity contribution is 0.0509. The molecule has 4 rings (SSSR count). The fraction of sp³-hybridized carbons (Fsp3) is 0.526. The Morgan fingerprint density at radius 2 is 2.08 bits per heavy atom. The molecule has 4 heterocycles. The van der Waals surface area contributed by atoms with Crippen molar-refractivity contribution in [1.82, 2.24) is 14.8 Å². The van der Waals surface area contributed by atoms with Gasteiger partial charge in [0.1, 0.15) is 5.76 Å². The third kappa shape index (κ3) is 3.86. The van der Waals surface area contributed by atoms with E-state index < -0.39 is 0 Å². The van der Waals surface area contributed by atoms with Crippen LogP contribution < -0.4 is 4.74 Å². The van der Waals surface area contributed by atoms with Crippen LogP contribution >= 0.6 is 0 Å². The molecular weight excluding hydrogens is 318 g/mol. The van der Waals surface area contributed by atoms with Crippen molar-refractivity contribution in [3.8, 4) is 5.88 Å². The fourth-order valence-electron chi connectivity index (χ4n) is 3.91. The van der Waals surface area contributed by atoms with Gasteiger partial charge in [-0.3, -0.25) is 9.80 Å². The van der Waals surface area contributed by atoms with E-state index in [0.717, 1.165) is 63.1 Å². The monoisotopic (exact) mass is 343 g/mol. The van der Waals surface area contributed by atoms with E-state index in [1.807, 2.05) is 18.2 Å². The number of nitrogens with zero attached hydrogens (tertiary/aromatic N) is 3. The summed E-state index contributed by atoms with van der Waals surface area (Å²) in [6.07, 6.45) is 3.82. The molecule has 0 aliphatic carbocycles. The van der Waals surface area contributed by atoms with Gasteiger partial charge in [-0.05, 0) is 18.2 Å². The van der Waals surface area contributed by atoms with Gasteiger partial charge < -0.3 is 13.9 Å². The Morgan fingerprint density at radius 1 is 1.16 bits per heavy atom. The van der Waals surface area contributed by atoms with Crippen LogP contribution in [0.2, 0.25) is 0 Å². The third-order valence-corrected chi connectivity index (χ3v) is 5.09. The van der Waals surface area contributed by atoms with E-state index in [2.05, 4.69) is 20.9 Å². The molecule has 0 aromatic carbocycles. The summed E-state index contributed by atoms with van der Waals surface area (Å²) >= 11 is 0. The van der Waals surface area contributed by atoms with Crippen LogP contribution in [0.15, 0.2) is 41.1 Å². The van der Waals surface area contributed by atoms with Crippen molar-refractivity contribution in [3.63, 3.8) is 0 Å². The van der Waals surface area contributed by atoms with Gasteiger partial charge in [0.2, 0.25) is 5.88 Å². The molecule has 2 aliphatic rings. The minimum atomic E-state index is 0.310. The summed E-state index contributed by atoms with van der Waals surface area (Å²) in [6, 6.07) is 8.04. The molecule has 2 fully saturated rings. The third-order valence-electron chi connectivity index (χ3n) is 5.09. The van der Waals surface area contributed by atoms with Crippen LogP contribution in [0, 0.1) is 5.92 Å². The number of pyridine rings is 1. The molecule has 2 aromatic rings. The van der Waals surface area contributed by atoms with Crippen LogP contribution in [-0.2, 0) is 17.8 Å². The van der Waals surface area contributed by atoms with Gasteiger partial charge in [0.15, 0.2) is 0 Å². The van der Waals surface area contributed by atoms with Gasteiger partial charge in [0, 0.05) is 50.4 Å². The first-order valence-electron chi connectivity index (χ1n) is 8.88. The van der Waals surface area contributed by atoms with Crippen LogP contribution in [0.25, 0.3) is 0 Å². The van der Waals surface area contributed by atoms with Crippen LogP contribution in [0.1, 0.15) is 11.3 Å². The molecule has 0 unspecified atom stereocenters. The topological polar surface area (TPSA) is 51.0 Å². The Bertz CT molecular complexity index is 676. The Balaban J connectivity index is 1.38. The summed E-state index contributed by atoms with van der Waals surface area (Å²) in [7, 11) is 1.68. The maximum atomic E-state index is 6.14. The highest BCUT2D eigenvalue weighted by Crippen LogP contribution is 2.27. The van der Waals surface area contributed by atoms with Crippen molar-refractivity contribution < 1.29 is 13.9 Å². The largest absolute Gasteiger partial charge is 0.481 e. The van der Waals surface area contributed by atoms with E-state index in [1.54, 1.807) is 19.6 Å². The molecule has 0 N–H and O–H groups in total. The smallest absolute Gasteiger partial charge is 0.217 e. The molecule has 0 bridgehead atoms. The Morgan fingerprint density at radius 3 is 2.92 bits per heavy atom. The van der Waals surface area contributed by atoms with Gasteiger partial charge in [-0.25, -0.2) is 4.98 Å². The van der Waals surface area contributed by atoms with Gasteiger partial charge in [0.25, 0.3) is 0 Å². The van der Waals surface area contributed by atoms with Crippen molar-refractivity contribution in [1.29, 1.82) is 0 Å². The van der Waals surface area contributed by atoms with E-state index >= 15 is 0 Å². The van der Waals surface area contributed by atoms with E-state index in [1.165, 1.54) is 0 Å². The number of aromatic nitrogens is 1. The van der Waals surface area contributed by atoms with Crippen LogP contribution in [0.5, 0.6) is 5.88 Å². The van der Waals surface area contributed by atoms with Crippen molar-refractivity contribution >= 4 is 0 Å². The van der Waals surface area contributed by atoms with Crippen LogP contribution in [0.4, 0.5) is 0 Å². The number of fused-ring (bicyclic) bond motifs is 1.